The normalized spacial score (nSPS) is 16.5. The van der Waals surface area contributed by atoms with Crippen molar-refractivity contribution in [2.45, 2.75) is 72.1 Å². The van der Waals surface area contributed by atoms with Crippen LogP contribution in [-0.2, 0) is 11.2 Å². The molecule has 1 saturated carbocycles. The van der Waals surface area contributed by atoms with E-state index in [9.17, 15) is 4.79 Å². The molecule has 0 saturated heterocycles. The largest absolute Gasteiger partial charge is 0.449 e. The smallest absolute Gasteiger partial charge is 0.411 e. The molecule has 1 heterocycles. The lowest BCUT2D eigenvalue weighted by molar-refractivity contribution is 0.160. The van der Waals surface area contributed by atoms with Crippen molar-refractivity contribution in [1.82, 2.24) is 0 Å². The number of benzene rings is 1. The van der Waals surface area contributed by atoms with E-state index in [0.717, 1.165) is 49.4 Å². The van der Waals surface area contributed by atoms with Crippen molar-refractivity contribution in [1.29, 1.82) is 0 Å². The number of hydrogen-bond donors (Lipinski definition) is 1. The van der Waals surface area contributed by atoms with Gasteiger partial charge in [-0.15, -0.1) is 0 Å². The first-order chi connectivity index (χ1) is 13.7. The molecule has 5 nitrogen and oxygen atoms in total. The van der Waals surface area contributed by atoms with Gasteiger partial charge in [-0.25, -0.2) is 4.79 Å². The first-order valence-electron chi connectivity index (χ1n) is 11.1. The fourth-order valence-corrected chi connectivity index (χ4v) is 4.31. The van der Waals surface area contributed by atoms with Gasteiger partial charge in [0, 0.05) is 25.2 Å². The zero-order chi connectivity index (χ0) is 19.9. The second-order valence-electron chi connectivity index (χ2n) is 7.90. The van der Waals surface area contributed by atoms with Gasteiger partial charge in [0.15, 0.2) is 0 Å². The number of carbonyl (C=O) groups excluding carboxylic acids is 1. The van der Waals surface area contributed by atoms with Gasteiger partial charge in [-0.2, -0.15) is 0 Å². The van der Waals surface area contributed by atoms with E-state index >= 15 is 0 Å². The maximum Gasteiger partial charge on any atom is 0.411 e. The zero-order valence-electron chi connectivity index (χ0n) is 17.7. The van der Waals surface area contributed by atoms with Crippen LogP contribution in [0, 0.1) is 5.92 Å². The second kappa shape index (κ2) is 9.94. The van der Waals surface area contributed by atoms with E-state index in [-0.39, 0.29) is 6.09 Å². The molecule has 1 aromatic carbocycles. The Kier molecular flexibility index (Phi) is 7.35. The molecule has 2 aliphatic rings. The third-order valence-electron chi connectivity index (χ3n) is 5.98. The van der Waals surface area contributed by atoms with Gasteiger partial charge >= 0.3 is 6.09 Å². The molecule has 0 atom stereocenters. The van der Waals surface area contributed by atoms with Gasteiger partial charge in [-0.05, 0) is 56.7 Å². The van der Waals surface area contributed by atoms with Gasteiger partial charge in [0.05, 0.1) is 23.7 Å². The molecule has 1 N–H and O–H groups in total. The SMILES string of the molecule is CCCCOC(=O)Nc1cc2c(cc1N(CC)CC)CC(C1CCCCC1)=N2. The standard InChI is InChI=1S/C23H35N3O2/c1-4-7-13-28-23(27)25-21-16-20-18(15-22(21)26(5-2)6-3)14-19(24-20)17-11-9-8-10-12-17/h15-17H,4-14H2,1-3H3,(H,25,27). The predicted molar refractivity (Wildman–Crippen MR) is 117 cm³/mol. The molecule has 0 bridgehead atoms. The van der Waals surface area contributed by atoms with Crippen LogP contribution in [0.2, 0.25) is 0 Å². The second-order valence-corrected chi connectivity index (χ2v) is 7.90. The minimum atomic E-state index is -0.378. The summed E-state index contributed by atoms with van der Waals surface area (Å²) in [6.45, 7) is 8.62. The van der Waals surface area contributed by atoms with Crippen LogP contribution in [0.5, 0.6) is 0 Å². The Balaban J connectivity index is 1.82. The number of anilines is 2. The van der Waals surface area contributed by atoms with Gasteiger partial charge in [0.25, 0.3) is 0 Å². The van der Waals surface area contributed by atoms with Crippen molar-refractivity contribution in [3.63, 3.8) is 0 Å². The Morgan fingerprint density at radius 1 is 1.18 bits per heavy atom. The summed E-state index contributed by atoms with van der Waals surface area (Å²) in [6.07, 6.45) is 9.01. The molecular weight excluding hydrogens is 350 g/mol. The van der Waals surface area contributed by atoms with E-state index in [2.05, 4.69) is 37.1 Å². The first-order valence-corrected chi connectivity index (χ1v) is 11.1. The first kappa shape index (κ1) is 20.7. The van der Waals surface area contributed by atoms with Gasteiger partial charge < -0.3 is 9.64 Å². The number of carbonyl (C=O) groups is 1. The van der Waals surface area contributed by atoms with Crippen LogP contribution in [0.4, 0.5) is 21.9 Å². The Bertz CT molecular complexity index is 704. The predicted octanol–water partition coefficient (Wildman–Crippen LogP) is 6.09. The molecule has 154 valence electrons. The Morgan fingerprint density at radius 2 is 1.93 bits per heavy atom. The van der Waals surface area contributed by atoms with Crippen molar-refractivity contribution >= 4 is 28.9 Å². The molecule has 1 aliphatic carbocycles. The number of amides is 1. The molecule has 1 amide bonds. The highest BCUT2D eigenvalue weighted by Gasteiger charge is 2.26. The third-order valence-corrected chi connectivity index (χ3v) is 5.98. The third kappa shape index (κ3) is 4.86. The average molecular weight is 386 g/mol. The van der Waals surface area contributed by atoms with E-state index in [1.807, 2.05) is 6.07 Å². The highest BCUT2D eigenvalue weighted by Crippen LogP contribution is 2.40. The van der Waals surface area contributed by atoms with E-state index in [1.165, 1.54) is 43.4 Å². The maximum atomic E-state index is 12.3. The molecule has 5 heteroatoms. The molecule has 0 radical (unpaired) electrons. The van der Waals surface area contributed by atoms with Crippen molar-refractivity contribution < 1.29 is 9.53 Å². The quantitative estimate of drug-likeness (QED) is 0.551. The van der Waals surface area contributed by atoms with Crippen LogP contribution in [0.3, 0.4) is 0 Å². The summed E-state index contributed by atoms with van der Waals surface area (Å²) < 4.78 is 5.32. The topological polar surface area (TPSA) is 53.9 Å². The maximum absolute atomic E-state index is 12.3. The minimum Gasteiger partial charge on any atom is -0.449 e. The number of rotatable bonds is 8. The lowest BCUT2D eigenvalue weighted by Gasteiger charge is -2.25. The summed E-state index contributed by atoms with van der Waals surface area (Å²) in [5.74, 6) is 0.633. The van der Waals surface area contributed by atoms with Crippen molar-refractivity contribution in [3.8, 4) is 0 Å². The number of ether oxygens (including phenoxy) is 1. The van der Waals surface area contributed by atoms with E-state index in [1.54, 1.807) is 0 Å². The summed E-state index contributed by atoms with van der Waals surface area (Å²) in [6, 6.07) is 4.27. The van der Waals surface area contributed by atoms with Gasteiger partial charge in [0.1, 0.15) is 0 Å². The lowest BCUT2D eigenvalue weighted by atomic mass is 9.84. The Hall–Kier alpha value is -2.04. The molecule has 3 rings (SSSR count). The van der Waals surface area contributed by atoms with Gasteiger partial charge in [0.2, 0.25) is 0 Å². The van der Waals surface area contributed by atoms with Gasteiger partial charge in [-0.1, -0.05) is 32.6 Å². The van der Waals surface area contributed by atoms with Crippen LogP contribution in [0.25, 0.3) is 0 Å². The highest BCUT2D eigenvalue weighted by atomic mass is 16.5. The van der Waals surface area contributed by atoms with E-state index in [0.29, 0.717) is 12.5 Å². The van der Waals surface area contributed by atoms with E-state index < -0.39 is 0 Å². The molecule has 1 fully saturated rings. The summed E-state index contributed by atoms with van der Waals surface area (Å²) >= 11 is 0. The monoisotopic (exact) mass is 385 g/mol. The number of hydrogen-bond acceptors (Lipinski definition) is 4. The van der Waals surface area contributed by atoms with Crippen LogP contribution < -0.4 is 10.2 Å². The molecule has 28 heavy (non-hydrogen) atoms. The lowest BCUT2D eigenvalue weighted by Crippen LogP contribution is -2.24. The molecule has 0 spiro atoms. The summed E-state index contributed by atoms with van der Waals surface area (Å²) in [5.41, 5.74) is 5.50. The molecular formula is C23H35N3O2. The number of nitrogens with one attached hydrogen (secondary N) is 1. The summed E-state index contributed by atoms with van der Waals surface area (Å²) in [5, 5.41) is 2.97. The van der Waals surface area contributed by atoms with Crippen LogP contribution in [0.15, 0.2) is 17.1 Å². The Labute approximate surface area is 169 Å². The molecule has 1 aliphatic heterocycles. The number of fused-ring (bicyclic) bond motifs is 1. The number of unbranched alkanes of at least 4 members (excludes halogenated alkanes) is 1. The van der Waals surface area contributed by atoms with Crippen molar-refractivity contribution in [3.05, 3.63) is 17.7 Å². The molecule has 0 unspecified atom stereocenters. The molecule has 0 aromatic heterocycles. The summed E-state index contributed by atoms with van der Waals surface area (Å²) in [4.78, 5) is 19.5. The zero-order valence-corrected chi connectivity index (χ0v) is 17.7. The molecule has 1 aromatic rings. The van der Waals surface area contributed by atoms with Crippen LogP contribution >= 0.6 is 0 Å². The minimum absolute atomic E-state index is 0.378. The number of aliphatic imine (C=N–C) groups is 1. The Morgan fingerprint density at radius 3 is 2.61 bits per heavy atom. The van der Waals surface area contributed by atoms with Crippen LogP contribution in [-0.4, -0.2) is 31.5 Å². The van der Waals surface area contributed by atoms with Crippen molar-refractivity contribution in [2.24, 2.45) is 10.9 Å². The highest BCUT2D eigenvalue weighted by molar-refractivity contribution is 5.99. The van der Waals surface area contributed by atoms with Crippen LogP contribution in [0.1, 0.15) is 71.3 Å². The number of nitrogens with zero attached hydrogens (tertiary/aromatic N) is 2. The van der Waals surface area contributed by atoms with E-state index in [4.69, 9.17) is 9.73 Å². The average Bonchev–Trinajstić information content (AvgIpc) is 3.13. The van der Waals surface area contributed by atoms with Crippen molar-refractivity contribution in [2.75, 3.05) is 29.9 Å². The summed E-state index contributed by atoms with van der Waals surface area (Å²) in [7, 11) is 0. The fourth-order valence-electron chi connectivity index (χ4n) is 4.31. The van der Waals surface area contributed by atoms with Gasteiger partial charge in [-0.3, -0.25) is 10.3 Å². The fraction of sp³-hybridized carbons (Fsp3) is 0.652.